The molecule has 10 heavy (non-hydrogen) atoms. The number of nitrogens with one attached hydrogen (secondary N) is 1. The lowest BCUT2D eigenvalue weighted by atomic mass is 10.1. The number of hydrogen-bond donors (Lipinski definition) is 2. The van der Waals surface area contributed by atoms with Crippen LogP contribution in [0.5, 0.6) is 0 Å². The zero-order valence-electron chi connectivity index (χ0n) is 7.22. The van der Waals surface area contributed by atoms with Gasteiger partial charge in [0.25, 0.3) is 0 Å². The van der Waals surface area contributed by atoms with E-state index < -0.39 is 0 Å². The molecule has 0 radical (unpaired) electrons. The highest BCUT2D eigenvalue weighted by molar-refractivity contribution is 4.55. The molecule has 0 aromatic carbocycles. The van der Waals surface area contributed by atoms with Crippen molar-refractivity contribution in [3.05, 3.63) is 0 Å². The molecule has 0 rings (SSSR count). The second kappa shape index (κ2) is 5.69. The summed E-state index contributed by atoms with van der Waals surface area (Å²) in [6.07, 6.45) is 1.62. The molecule has 0 aliphatic heterocycles. The summed E-state index contributed by atoms with van der Waals surface area (Å²) >= 11 is 0. The van der Waals surface area contributed by atoms with Crippen LogP contribution in [0.2, 0.25) is 0 Å². The largest absolute Gasteiger partial charge is 0.379 e. The van der Waals surface area contributed by atoms with Crippen LogP contribution in [-0.4, -0.2) is 17.9 Å². The van der Waals surface area contributed by atoms with Gasteiger partial charge in [-0.2, -0.15) is 0 Å². The first-order valence-corrected chi connectivity index (χ1v) is 4.08. The van der Waals surface area contributed by atoms with Gasteiger partial charge in [0.2, 0.25) is 0 Å². The van der Waals surface area contributed by atoms with Crippen LogP contribution in [0.25, 0.3) is 0 Å². The highest BCUT2D eigenvalue weighted by Crippen LogP contribution is 2.01. The molecule has 0 saturated carbocycles. The van der Waals surface area contributed by atoms with E-state index in [9.17, 15) is 5.11 Å². The third-order valence-electron chi connectivity index (χ3n) is 1.32. The molecule has 2 N–H and O–H groups in total. The van der Waals surface area contributed by atoms with Gasteiger partial charge in [0, 0.05) is 0 Å². The smallest absolute Gasteiger partial charge is 0.105 e. The monoisotopic (exact) mass is 145 g/mol. The van der Waals surface area contributed by atoms with Crippen molar-refractivity contribution in [3.63, 3.8) is 0 Å². The topological polar surface area (TPSA) is 32.3 Å². The van der Waals surface area contributed by atoms with Gasteiger partial charge in [-0.05, 0) is 25.3 Å². The van der Waals surface area contributed by atoms with E-state index in [2.05, 4.69) is 26.1 Å². The Morgan fingerprint density at radius 3 is 2.40 bits per heavy atom. The van der Waals surface area contributed by atoms with E-state index in [-0.39, 0.29) is 6.23 Å². The maximum Gasteiger partial charge on any atom is 0.105 e. The second-order valence-electron chi connectivity index (χ2n) is 3.10. The lowest BCUT2D eigenvalue weighted by Crippen LogP contribution is -2.30. The van der Waals surface area contributed by atoms with Crippen LogP contribution in [-0.2, 0) is 0 Å². The average Bonchev–Trinajstić information content (AvgIpc) is 1.82. The molecular weight excluding hydrogens is 126 g/mol. The Bertz CT molecular complexity index is 73.7. The minimum atomic E-state index is -0.306. The Morgan fingerprint density at radius 1 is 1.40 bits per heavy atom. The van der Waals surface area contributed by atoms with Crippen LogP contribution >= 0.6 is 0 Å². The molecule has 0 amide bonds. The zero-order valence-corrected chi connectivity index (χ0v) is 7.22. The van der Waals surface area contributed by atoms with Gasteiger partial charge in [0.05, 0.1) is 0 Å². The fourth-order valence-corrected chi connectivity index (χ4v) is 0.841. The van der Waals surface area contributed by atoms with Crippen molar-refractivity contribution in [2.24, 2.45) is 5.92 Å². The van der Waals surface area contributed by atoms with Crippen molar-refractivity contribution in [3.8, 4) is 0 Å². The van der Waals surface area contributed by atoms with Crippen LogP contribution in [0, 0.1) is 5.92 Å². The van der Waals surface area contributed by atoms with E-state index in [4.69, 9.17) is 0 Å². The second-order valence-corrected chi connectivity index (χ2v) is 3.10. The van der Waals surface area contributed by atoms with Crippen molar-refractivity contribution in [2.75, 3.05) is 6.54 Å². The molecule has 0 bridgehead atoms. The fraction of sp³-hybridized carbons (Fsp3) is 1.00. The molecular formula is C8H19NO. The summed E-state index contributed by atoms with van der Waals surface area (Å²) in [5.41, 5.74) is 0. The third-order valence-corrected chi connectivity index (χ3v) is 1.32. The van der Waals surface area contributed by atoms with Gasteiger partial charge in [0.15, 0.2) is 0 Å². The molecule has 0 fully saturated rings. The Morgan fingerprint density at radius 2 is 2.00 bits per heavy atom. The van der Waals surface area contributed by atoms with Crippen LogP contribution in [0.3, 0.4) is 0 Å². The van der Waals surface area contributed by atoms with Crippen LogP contribution in [0.1, 0.15) is 33.6 Å². The van der Waals surface area contributed by atoms with E-state index in [0.717, 1.165) is 19.4 Å². The number of rotatable bonds is 5. The van der Waals surface area contributed by atoms with Crippen molar-refractivity contribution in [2.45, 2.75) is 39.8 Å². The minimum absolute atomic E-state index is 0.306. The molecule has 0 aromatic heterocycles. The lowest BCUT2D eigenvalue weighted by molar-refractivity contribution is 0.114. The van der Waals surface area contributed by atoms with Gasteiger partial charge in [-0.25, -0.2) is 0 Å². The van der Waals surface area contributed by atoms with Crippen LogP contribution < -0.4 is 5.32 Å². The van der Waals surface area contributed by atoms with E-state index >= 15 is 0 Å². The first-order valence-electron chi connectivity index (χ1n) is 4.08. The van der Waals surface area contributed by atoms with E-state index in [0.29, 0.717) is 5.92 Å². The van der Waals surface area contributed by atoms with Crippen LogP contribution in [0.4, 0.5) is 0 Å². The molecule has 0 heterocycles. The van der Waals surface area contributed by atoms with Gasteiger partial charge in [0.1, 0.15) is 6.23 Å². The van der Waals surface area contributed by atoms with Crippen molar-refractivity contribution < 1.29 is 5.11 Å². The van der Waals surface area contributed by atoms with Crippen molar-refractivity contribution in [1.29, 1.82) is 0 Å². The number of aliphatic hydroxyl groups excluding tert-OH is 1. The Labute approximate surface area is 63.6 Å². The molecule has 0 aliphatic rings. The van der Waals surface area contributed by atoms with Gasteiger partial charge in [-0.15, -0.1) is 0 Å². The normalized spacial score (nSPS) is 14.1. The summed E-state index contributed by atoms with van der Waals surface area (Å²) in [4.78, 5) is 0. The molecule has 62 valence electrons. The zero-order chi connectivity index (χ0) is 7.98. The quantitative estimate of drug-likeness (QED) is 0.572. The van der Waals surface area contributed by atoms with Gasteiger partial charge in [-0.1, -0.05) is 20.8 Å². The SMILES string of the molecule is CCCNC(O)CC(C)C. The summed E-state index contributed by atoms with van der Waals surface area (Å²) in [5.74, 6) is 0.569. The highest BCUT2D eigenvalue weighted by Gasteiger charge is 2.03. The lowest BCUT2D eigenvalue weighted by Gasteiger charge is -2.13. The molecule has 1 atom stereocenters. The Kier molecular flexibility index (Phi) is 5.64. The summed E-state index contributed by atoms with van der Waals surface area (Å²) < 4.78 is 0. The summed E-state index contributed by atoms with van der Waals surface area (Å²) in [6.45, 7) is 7.22. The summed E-state index contributed by atoms with van der Waals surface area (Å²) in [6, 6.07) is 0. The molecule has 0 saturated heterocycles. The summed E-state index contributed by atoms with van der Waals surface area (Å²) in [7, 11) is 0. The molecule has 0 aromatic rings. The van der Waals surface area contributed by atoms with E-state index in [1.54, 1.807) is 0 Å². The minimum Gasteiger partial charge on any atom is -0.379 e. The molecule has 2 heteroatoms. The van der Waals surface area contributed by atoms with Gasteiger partial charge < -0.3 is 5.11 Å². The standard InChI is InChI=1S/C8H19NO/c1-4-5-9-8(10)6-7(2)3/h7-10H,4-6H2,1-3H3. The van der Waals surface area contributed by atoms with Gasteiger partial charge >= 0.3 is 0 Å². The maximum absolute atomic E-state index is 9.24. The van der Waals surface area contributed by atoms with Crippen LogP contribution in [0.15, 0.2) is 0 Å². The molecule has 0 aliphatic carbocycles. The molecule has 0 spiro atoms. The highest BCUT2D eigenvalue weighted by atomic mass is 16.3. The predicted molar refractivity (Wildman–Crippen MR) is 43.8 cm³/mol. The maximum atomic E-state index is 9.24. The Balaban J connectivity index is 3.16. The third kappa shape index (κ3) is 6.05. The van der Waals surface area contributed by atoms with Crippen molar-refractivity contribution in [1.82, 2.24) is 5.32 Å². The average molecular weight is 145 g/mol. The summed E-state index contributed by atoms with van der Waals surface area (Å²) in [5, 5.41) is 12.3. The fourth-order valence-electron chi connectivity index (χ4n) is 0.841. The van der Waals surface area contributed by atoms with E-state index in [1.807, 2.05) is 0 Å². The number of aliphatic hydroxyl groups is 1. The van der Waals surface area contributed by atoms with E-state index in [1.165, 1.54) is 0 Å². The first kappa shape index (κ1) is 9.92. The number of hydrogen-bond acceptors (Lipinski definition) is 2. The van der Waals surface area contributed by atoms with Crippen molar-refractivity contribution >= 4 is 0 Å². The Hall–Kier alpha value is -0.0800. The predicted octanol–water partition coefficient (Wildman–Crippen LogP) is 1.35. The molecule has 2 nitrogen and oxygen atoms in total. The first-order chi connectivity index (χ1) is 4.66. The molecule has 1 unspecified atom stereocenters. The van der Waals surface area contributed by atoms with Gasteiger partial charge in [-0.3, -0.25) is 5.32 Å².